The first-order valence-electron chi connectivity index (χ1n) is 8.60. The Balaban J connectivity index is 0. The van der Waals surface area contributed by atoms with Gasteiger partial charge in [0.15, 0.2) is 0 Å². The Hall–Kier alpha value is -0.700. The zero-order valence-electron chi connectivity index (χ0n) is 16.4. The van der Waals surface area contributed by atoms with Crippen LogP contribution in [0.1, 0.15) is 32.6 Å². The molecule has 2 N–H and O–H groups in total. The Labute approximate surface area is 178 Å². The molecule has 2 aliphatic rings. The quantitative estimate of drug-likeness (QED) is 0.362. The summed E-state index contributed by atoms with van der Waals surface area (Å²) in [5.41, 5.74) is 0. The molecule has 0 aromatic rings. The van der Waals surface area contributed by atoms with Gasteiger partial charge in [0, 0.05) is 24.2 Å². The molecular weight excluding hydrogens is 347 g/mol. The molecule has 2 heterocycles. The molecular formula is C18H31N2NaO5. The molecule has 0 spiro atoms. The summed E-state index contributed by atoms with van der Waals surface area (Å²) in [5.74, 6) is -1.09. The fourth-order valence-corrected chi connectivity index (χ4v) is 2.93. The molecule has 2 aliphatic heterocycles. The first-order chi connectivity index (χ1) is 11.4. The zero-order valence-corrected chi connectivity index (χ0v) is 18.4. The van der Waals surface area contributed by atoms with Gasteiger partial charge in [-0.3, -0.25) is 9.80 Å². The van der Waals surface area contributed by atoms with Crippen molar-refractivity contribution < 1.29 is 54.5 Å². The molecule has 0 aromatic carbocycles. The smallest absolute Gasteiger partial charge is 0.870 e. The van der Waals surface area contributed by atoms with Crippen molar-refractivity contribution in [2.45, 2.75) is 44.7 Å². The summed E-state index contributed by atoms with van der Waals surface area (Å²) >= 11 is 0. The maximum atomic E-state index is 11.0. The number of aliphatic carboxylic acids is 1. The van der Waals surface area contributed by atoms with Crippen LogP contribution in [0.25, 0.3) is 0 Å². The summed E-state index contributed by atoms with van der Waals surface area (Å²) in [6.07, 6.45) is 11.1. The van der Waals surface area contributed by atoms with Crippen molar-refractivity contribution in [1.82, 2.24) is 9.80 Å². The normalized spacial score (nSPS) is 23.2. The van der Waals surface area contributed by atoms with Crippen molar-refractivity contribution in [2.24, 2.45) is 0 Å². The average Bonchev–Trinajstić information content (AvgIpc) is 3.12. The number of carboxylic acids is 1. The molecule has 2 fully saturated rings. The summed E-state index contributed by atoms with van der Waals surface area (Å²) in [6.45, 7) is 4.46. The van der Waals surface area contributed by atoms with E-state index in [0.717, 1.165) is 25.9 Å². The minimum atomic E-state index is -0.856. The van der Waals surface area contributed by atoms with Crippen LogP contribution in [0.4, 0.5) is 0 Å². The molecule has 2 atom stereocenters. The fraction of sp³-hybridized carbons (Fsp3) is 0.667. The van der Waals surface area contributed by atoms with Crippen molar-refractivity contribution in [3.05, 3.63) is 24.3 Å². The van der Waals surface area contributed by atoms with Crippen LogP contribution in [0, 0.1) is 0 Å². The van der Waals surface area contributed by atoms with Gasteiger partial charge in [0.2, 0.25) is 0 Å². The van der Waals surface area contributed by atoms with Crippen LogP contribution in [-0.2, 0) is 14.3 Å². The fourth-order valence-electron chi connectivity index (χ4n) is 2.93. The van der Waals surface area contributed by atoms with Crippen molar-refractivity contribution in [1.29, 1.82) is 0 Å². The predicted octanol–water partition coefficient (Wildman–Crippen LogP) is -1.25. The molecule has 0 unspecified atom stereocenters. The third-order valence-corrected chi connectivity index (χ3v) is 4.36. The largest absolute Gasteiger partial charge is 1.00 e. The number of ether oxygens (including phenoxy) is 1. The van der Waals surface area contributed by atoms with Crippen molar-refractivity contribution >= 4 is 11.9 Å². The van der Waals surface area contributed by atoms with Gasteiger partial charge in [-0.05, 0) is 59.8 Å². The monoisotopic (exact) mass is 378 g/mol. The summed E-state index contributed by atoms with van der Waals surface area (Å²) in [4.78, 5) is 25.5. The molecule has 8 heteroatoms. The van der Waals surface area contributed by atoms with Crippen LogP contribution in [-0.4, -0.2) is 78.2 Å². The van der Waals surface area contributed by atoms with Crippen molar-refractivity contribution in [2.75, 3.05) is 33.8 Å². The summed E-state index contributed by atoms with van der Waals surface area (Å²) in [5, 5.41) is 8.35. The average molecular weight is 378 g/mol. The van der Waals surface area contributed by atoms with Gasteiger partial charge in [0.05, 0.1) is 6.61 Å². The van der Waals surface area contributed by atoms with Crippen molar-refractivity contribution in [3.8, 4) is 0 Å². The van der Waals surface area contributed by atoms with Crippen LogP contribution in [0.3, 0.4) is 0 Å². The number of hydrogen-bond donors (Lipinski definition) is 1. The number of nitrogens with zero attached hydrogens (tertiary/aromatic N) is 2. The van der Waals surface area contributed by atoms with Gasteiger partial charge >= 0.3 is 41.5 Å². The molecule has 144 valence electrons. The summed E-state index contributed by atoms with van der Waals surface area (Å²) in [6, 6.07) is 0.760. The molecule has 2 rings (SSSR count). The van der Waals surface area contributed by atoms with Gasteiger partial charge in [-0.1, -0.05) is 12.2 Å². The first kappa shape index (κ1) is 27.5. The van der Waals surface area contributed by atoms with E-state index in [1.54, 1.807) is 6.08 Å². The minimum Gasteiger partial charge on any atom is -0.870 e. The second-order valence-corrected chi connectivity index (χ2v) is 6.19. The van der Waals surface area contributed by atoms with Crippen LogP contribution >= 0.6 is 0 Å². The van der Waals surface area contributed by atoms with E-state index in [0.29, 0.717) is 18.7 Å². The number of likely N-dealkylation sites (N-methyl/N-ethyl adjacent to an activating group) is 2. The van der Waals surface area contributed by atoms with Crippen molar-refractivity contribution in [3.63, 3.8) is 0 Å². The zero-order chi connectivity index (χ0) is 17.9. The van der Waals surface area contributed by atoms with E-state index in [2.05, 4.69) is 16.8 Å². The third-order valence-electron chi connectivity index (χ3n) is 4.36. The van der Waals surface area contributed by atoms with Gasteiger partial charge in [0.1, 0.15) is 0 Å². The second kappa shape index (κ2) is 15.4. The standard InChI is InChI=1S/C10H17NO2.C8H13NO2.Na.H2O/c1-3-13-10(12)7-6-9-5-4-8-11(9)2;1-9-6-2-3-7(9)4-5-8(10)11;;/h6-7,9H,3-5,8H2,1-2H3;4-5,7H,2-3,6H2,1H3,(H,10,11);;1H2/q;;+1;/p-1/b7-6+;5-4+;;/t9-;7-;;/m11../s1. The molecule has 0 aliphatic carbocycles. The van der Waals surface area contributed by atoms with Crippen LogP contribution in [0.2, 0.25) is 0 Å². The Morgan fingerprint density at radius 2 is 1.50 bits per heavy atom. The van der Waals surface area contributed by atoms with E-state index in [9.17, 15) is 9.59 Å². The Kier molecular flexibility index (Phi) is 16.3. The number of rotatable bonds is 5. The van der Waals surface area contributed by atoms with Gasteiger partial charge < -0.3 is 15.3 Å². The van der Waals surface area contributed by atoms with Gasteiger partial charge in [0.25, 0.3) is 0 Å². The van der Waals surface area contributed by atoms with E-state index in [-0.39, 0.29) is 41.0 Å². The Bertz CT molecular complexity index is 470. The predicted molar refractivity (Wildman–Crippen MR) is 95.8 cm³/mol. The summed E-state index contributed by atoms with van der Waals surface area (Å²) in [7, 11) is 4.09. The number of esters is 1. The van der Waals surface area contributed by atoms with E-state index in [4.69, 9.17) is 9.84 Å². The number of carbonyl (C=O) groups is 2. The minimum absolute atomic E-state index is 0. The topological polar surface area (TPSA) is 100 Å². The molecule has 0 radical (unpaired) electrons. The molecule has 26 heavy (non-hydrogen) atoms. The molecule has 0 bridgehead atoms. The molecule has 2 saturated heterocycles. The Morgan fingerprint density at radius 1 is 1.04 bits per heavy atom. The molecule has 0 aromatic heterocycles. The van der Waals surface area contributed by atoms with Crippen LogP contribution in [0.15, 0.2) is 24.3 Å². The first-order valence-corrected chi connectivity index (χ1v) is 8.60. The van der Waals surface area contributed by atoms with E-state index < -0.39 is 5.97 Å². The third kappa shape index (κ3) is 11.1. The van der Waals surface area contributed by atoms with E-state index >= 15 is 0 Å². The number of hydrogen-bond acceptors (Lipinski definition) is 6. The van der Waals surface area contributed by atoms with E-state index in [1.165, 1.54) is 25.0 Å². The number of likely N-dealkylation sites (tertiary alicyclic amines) is 2. The summed E-state index contributed by atoms with van der Waals surface area (Å²) < 4.78 is 4.79. The van der Waals surface area contributed by atoms with E-state index in [1.807, 2.05) is 20.0 Å². The SMILES string of the molecule is CCOC(=O)/C=C/[C@H]1CCCN1C.CN1CCC[C@@H]1/C=C/C(=O)O.[Na+].[OH-]. The molecule has 7 nitrogen and oxygen atoms in total. The van der Waals surface area contributed by atoms with Crippen LogP contribution in [0.5, 0.6) is 0 Å². The maximum absolute atomic E-state index is 11.0. The van der Waals surface area contributed by atoms with Gasteiger partial charge in [-0.15, -0.1) is 0 Å². The molecule has 0 amide bonds. The number of carbonyl (C=O) groups excluding carboxylic acids is 1. The van der Waals surface area contributed by atoms with Gasteiger partial charge in [-0.25, -0.2) is 9.59 Å². The van der Waals surface area contributed by atoms with Crippen LogP contribution < -0.4 is 29.6 Å². The maximum Gasteiger partial charge on any atom is 1.00 e. The number of carboxylic acid groups (broad SMARTS) is 1. The molecule has 0 saturated carbocycles. The second-order valence-electron chi connectivity index (χ2n) is 6.19. The Morgan fingerprint density at radius 3 is 1.85 bits per heavy atom. The van der Waals surface area contributed by atoms with Gasteiger partial charge in [-0.2, -0.15) is 0 Å².